The van der Waals surface area contributed by atoms with Gasteiger partial charge in [0.05, 0.1) is 10.6 Å². The molecule has 1 aliphatic rings. The number of nitrogens with one attached hydrogen (secondary N) is 1. The molecule has 0 saturated heterocycles. The fourth-order valence-electron chi connectivity index (χ4n) is 1.77. The summed E-state index contributed by atoms with van der Waals surface area (Å²) in [6.45, 7) is 0. The summed E-state index contributed by atoms with van der Waals surface area (Å²) in [7, 11) is 0. The molecule has 0 unspecified atom stereocenters. The lowest BCUT2D eigenvalue weighted by molar-refractivity contribution is -0.384. The first kappa shape index (κ1) is 13.8. The van der Waals surface area contributed by atoms with Gasteiger partial charge < -0.3 is 5.32 Å². The molecular weight excluding hydrogens is 284 g/mol. The SMILES string of the molecule is [N-]=[N+]=NC1(N=[N+]=[N-])C(=O)Nc2ccc([N+](=O)[O-])cc2C1=O. The summed E-state index contributed by atoms with van der Waals surface area (Å²) in [5.41, 5.74) is 13.6. The molecule has 0 atom stereocenters. The molecule has 104 valence electrons. The largest absolute Gasteiger partial charge is 0.324 e. The lowest BCUT2D eigenvalue weighted by Crippen LogP contribution is -2.49. The van der Waals surface area contributed by atoms with E-state index in [1.54, 1.807) is 0 Å². The molecule has 1 N–H and O–H groups in total. The lowest BCUT2D eigenvalue weighted by Gasteiger charge is -2.27. The van der Waals surface area contributed by atoms with E-state index in [1.165, 1.54) is 0 Å². The van der Waals surface area contributed by atoms with Gasteiger partial charge in [0.15, 0.2) is 5.78 Å². The van der Waals surface area contributed by atoms with E-state index in [0.29, 0.717) is 0 Å². The summed E-state index contributed by atoms with van der Waals surface area (Å²) in [5, 5.41) is 18.9. The van der Waals surface area contributed by atoms with Crippen LogP contribution in [0.15, 0.2) is 28.4 Å². The zero-order valence-corrected chi connectivity index (χ0v) is 10.00. The van der Waals surface area contributed by atoms with E-state index in [4.69, 9.17) is 11.1 Å². The Labute approximate surface area is 114 Å². The Balaban J connectivity index is 2.72. The predicted molar refractivity (Wildman–Crippen MR) is 67.1 cm³/mol. The molecule has 0 saturated carbocycles. The summed E-state index contributed by atoms with van der Waals surface area (Å²) in [5.74, 6) is -2.27. The second kappa shape index (κ2) is 4.81. The molecule has 0 aromatic heterocycles. The fraction of sp³-hybridized carbons (Fsp3) is 0.111. The van der Waals surface area contributed by atoms with E-state index in [1.807, 2.05) is 0 Å². The minimum absolute atomic E-state index is 0.00694. The van der Waals surface area contributed by atoms with Crippen molar-refractivity contribution < 1.29 is 14.5 Å². The van der Waals surface area contributed by atoms with Gasteiger partial charge in [0.25, 0.3) is 17.3 Å². The van der Waals surface area contributed by atoms with Crippen molar-refractivity contribution in [1.82, 2.24) is 0 Å². The van der Waals surface area contributed by atoms with Crippen molar-refractivity contribution >= 4 is 23.1 Å². The number of non-ortho nitro benzene ring substituents is 1. The molecule has 0 bridgehead atoms. The summed E-state index contributed by atoms with van der Waals surface area (Å²) >= 11 is 0. The highest BCUT2D eigenvalue weighted by molar-refractivity contribution is 6.27. The van der Waals surface area contributed by atoms with E-state index in [2.05, 4.69) is 25.4 Å². The van der Waals surface area contributed by atoms with Crippen LogP contribution in [0.1, 0.15) is 10.4 Å². The molecule has 21 heavy (non-hydrogen) atoms. The molecule has 12 nitrogen and oxygen atoms in total. The van der Waals surface area contributed by atoms with E-state index >= 15 is 0 Å². The number of anilines is 1. The number of fused-ring (bicyclic) bond motifs is 1. The number of carbonyl (C=O) groups is 2. The van der Waals surface area contributed by atoms with Gasteiger partial charge in [0.2, 0.25) is 0 Å². The average molecular weight is 288 g/mol. The number of carbonyl (C=O) groups excluding carboxylic acids is 2. The number of nitro benzene ring substituents is 1. The molecule has 1 amide bonds. The highest BCUT2D eigenvalue weighted by Gasteiger charge is 2.49. The molecule has 12 heteroatoms. The van der Waals surface area contributed by atoms with Gasteiger partial charge in [0, 0.05) is 27.5 Å². The molecule has 1 heterocycles. The van der Waals surface area contributed by atoms with E-state index in [0.717, 1.165) is 18.2 Å². The smallest absolute Gasteiger partial charge is 0.270 e. The number of Topliss-reactive ketones (excluding diaryl/α,β-unsaturated/α-hetero) is 1. The summed E-state index contributed by atoms with van der Waals surface area (Å²) in [6.07, 6.45) is 0. The topological polar surface area (TPSA) is 187 Å². The number of benzene rings is 1. The van der Waals surface area contributed by atoms with Gasteiger partial charge in [-0.25, -0.2) is 0 Å². The first-order valence-corrected chi connectivity index (χ1v) is 5.23. The van der Waals surface area contributed by atoms with Crippen LogP contribution in [-0.2, 0) is 4.79 Å². The zero-order valence-electron chi connectivity index (χ0n) is 10.00. The maximum atomic E-state index is 12.3. The minimum atomic E-state index is -2.67. The van der Waals surface area contributed by atoms with Crippen LogP contribution in [-0.4, -0.2) is 22.3 Å². The van der Waals surface area contributed by atoms with Crippen molar-refractivity contribution in [3.05, 3.63) is 54.8 Å². The number of hydrogen-bond donors (Lipinski definition) is 1. The Morgan fingerprint density at radius 3 is 2.38 bits per heavy atom. The Kier molecular flexibility index (Phi) is 3.16. The van der Waals surface area contributed by atoms with Crippen molar-refractivity contribution in [2.24, 2.45) is 10.2 Å². The predicted octanol–water partition coefficient (Wildman–Crippen LogP) is 2.05. The van der Waals surface area contributed by atoms with Crippen LogP contribution in [0.5, 0.6) is 0 Å². The zero-order chi connectivity index (χ0) is 15.6. The fourth-order valence-corrected chi connectivity index (χ4v) is 1.77. The Morgan fingerprint density at radius 1 is 1.24 bits per heavy atom. The number of amides is 1. The Bertz CT molecular complexity index is 756. The van der Waals surface area contributed by atoms with Crippen molar-refractivity contribution in [2.75, 3.05) is 5.32 Å². The molecule has 0 aliphatic carbocycles. The Hall–Kier alpha value is -3.62. The third-order valence-electron chi connectivity index (χ3n) is 2.72. The van der Waals surface area contributed by atoms with Crippen LogP contribution in [0.3, 0.4) is 0 Å². The number of azide groups is 1. The van der Waals surface area contributed by atoms with Crippen molar-refractivity contribution in [3.63, 3.8) is 0 Å². The average Bonchev–Trinajstić information content (AvgIpc) is 2.45. The van der Waals surface area contributed by atoms with Crippen LogP contribution < -0.4 is 5.32 Å². The van der Waals surface area contributed by atoms with Crippen LogP contribution in [0.4, 0.5) is 11.4 Å². The van der Waals surface area contributed by atoms with E-state index < -0.39 is 28.0 Å². The Morgan fingerprint density at radius 2 is 1.86 bits per heavy atom. The van der Waals surface area contributed by atoms with Gasteiger partial charge in [-0.1, -0.05) is 10.2 Å². The summed E-state index contributed by atoms with van der Waals surface area (Å²) in [4.78, 5) is 38.8. The first-order chi connectivity index (χ1) is 9.96. The highest BCUT2D eigenvalue weighted by Crippen LogP contribution is 2.34. The van der Waals surface area contributed by atoms with Gasteiger partial charge in [-0.05, 0) is 17.1 Å². The number of nitro groups is 1. The third kappa shape index (κ3) is 1.98. The van der Waals surface area contributed by atoms with Crippen LogP contribution in [0.25, 0.3) is 20.9 Å². The van der Waals surface area contributed by atoms with Gasteiger partial charge in [0.1, 0.15) is 0 Å². The quantitative estimate of drug-likeness (QED) is 0.222. The molecular formula is C9H4N8O4. The molecule has 2 rings (SSSR count). The van der Waals surface area contributed by atoms with Gasteiger partial charge >= 0.3 is 0 Å². The van der Waals surface area contributed by atoms with Crippen LogP contribution >= 0.6 is 0 Å². The summed E-state index contributed by atoms with van der Waals surface area (Å²) < 4.78 is 0. The molecule has 0 fully saturated rings. The van der Waals surface area contributed by atoms with E-state index in [-0.39, 0.29) is 11.3 Å². The monoisotopic (exact) mass is 288 g/mol. The number of rotatable bonds is 3. The molecule has 1 aliphatic heterocycles. The second-order valence-electron chi connectivity index (χ2n) is 3.82. The number of nitrogens with zero attached hydrogens (tertiary/aromatic N) is 7. The standard InChI is InChI=1S/C9H4N8O4/c10-15-13-9(14-16-11)7(18)5-3-4(17(20)21)1-2-6(5)12-8(9)19/h1-3H,(H,12,19). The lowest BCUT2D eigenvalue weighted by atomic mass is 9.92. The number of hydrogen-bond acceptors (Lipinski definition) is 6. The van der Waals surface area contributed by atoms with Crippen LogP contribution in [0, 0.1) is 10.1 Å². The molecule has 0 spiro atoms. The maximum Gasteiger partial charge on any atom is 0.270 e. The first-order valence-electron chi connectivity index (χ1n) is 5.23. The van der Waals surface area contributed by atoms with Gasteiger partial charge in [-0.15, -0.1) is 0 Å². The van der Waals surface area contributed by atoms with Gasteiger partial charge in [-0.3, -0.25) is 19.7 Å². The third-order valence-corrected chi connectivity index (χ3v) is 2.72. The molecule has 0 radical (unpaired) electrons. The highest BCUT2D eigenvalue weighted by atomic mass is 16.6. The molecule has 1 aromatic rings. The van der Waals surface area contributed by atoms with Gasteiger partial charge in [-0.2, -0.15) is 0 Å². The maximum absolute atomic E-state index is 12.3. The van der Waals surface area contributed by atoms with Crippen molar-refractivity contribution in [1.29, 1.82) is 0 Å². The minimum Gasteiger partial charge on any atom is -0.324 e. The van der Waals surface area contributed by atoms with Crippen molar-refractivity contribution in [3.8, 4) is 0 Å². The number of ketones is 1. The normalized spacial score (nSPS) is 19.6. The summed E-state index contributed by atoms with van der Waals surface area (Å²) in [6, 6.07) is 3.13. The molecule has 1 aromatic carbocycles. The van der Waals surface area contributed by atoms with Crippen molar-refractivity contribution in [2.45, 2.75) is 5.66 Å². The van der Waals surface area contributed by atoms with Crippen LogP contribution in [0.2, 0.25) is 0 Å². The second-order valence-corrected chi connectivity index (χ2v) is 3.82. The van der Waals surface area contributed by atoms with E-state index in [9.17, 15) is 19.7 Å².